The fourth-order valence-corrected chi connectivity index (χ4v) is 2.84. The molecule has 2 rings (SSSR count). The van der Waals surface area contributed by atoms with Crippen LogP contribution in [0.4, 0.5) is 5.69 Å². The van der Waals surface area contributed by atoms with Crippen molar-refractivity contribution in [2.45, 2.75) is 39.2 Å². The summed E-state index contributed by atoms with van der Waals surface area (Å²) in [4.78, 5) is 23.1. The first-order chi connectivity index (χ1) is 10.4. The van der Waals surface area contributed by atoms with E-state index in [0.29, 0.717) is 35.7 Å². The third kappa shape index (κ3) is 4.13. The third-order valence-corrected chi connectivity index (χ3v) is 4.01. The van der Waals surface area contributed by atoms with Crippen LogP contribution in [0.25, 0.3) is 0 Å². The van der Waals surface area contributed by atoms with Crippen LogP contribution in [0.1, 0.15) is 33.1 Å². The molecule has 1 saturated carbocycles. The number of benzene rings is 1. The first kappa shape index (κ1) is 16.6. The zero-order valence-corrected chi connectivity index (χ0v) is 13.4. The number of aliphatic carboxylic acids is 1. The van der Waals surface area contributed by atoms with Gasteiger partial charge in [-0.15, -0.1) is 0 Å². The van der Waals surface area contributed by atoms with Gasteiger partial charge < -0.3 is 15.2 Å². The molecule has 5 nitrogen and oxygen atoms in total. The summed E-state index contributed by atoms with van der Waals surface area (Å²) in [6.45, 7) is 3.82. The molecule has 0 radical (unpaired) electrons. The summed E-state index contributed by atoms with van der Waals surface area (Å²) in [6, 6.07) is 5.08. The second kappa shape index (κ2) is 7.01. The van der Waals surface area contributed by atoms with Gasteiger partial charge >= 0.3 is 5.97 Å². The molecule has 1 aromatic carbocycles. The Morgan fingerprint density at radius 1 is 1.32 bits per heavy atom. The van der Waals surface area contributed by atoms with Gasteiger partial charge in [0.25, 0.3) is 0 Å². The van der Waals surface area contributed by atoms with Crippen molar-refractivity contribution in [2.75, 3.05) is 5.32 Å². The van der Waals surface area contributed by atoms with E-state index >= 15 is 0 Å². The quantitative estimate of drug-likeness (QED) is 0.867. The van der Waals surface area contributed by atoms with E-state index in [2.05, 4.69) is 5.32 Å². The Balaban J connectivity index is 1.97. The molecular weight excluding hydrogens is 306 g/mol. The number of carboxylic acids is 1. The zero-order valence-electron chi connectivity index (χ0n) is 12.6. The van der Waals surface area contributed by atoms with E-state index in [9.17, 15) is 9.59 Å². The van der Waals surface area contributed by atoms with Gasteiger partial charge in [0.05, 0.1) is 17.0 Å². The maximum absolute atomic E-state index is 12.2. The Bertz CT molecular complexity index is 573. The highest BCUT2D eigenvalue weighted by Gasteiger charge is 2.33. The van der Waals surface area contributed by atoms with Gasteiger partial charge in [-0.25, -0.2) is 0 Å². The molecular formula is C16H20ClNO4. The summed E-state index contributed by atoms with van der Waals surface area (Å²) < 4.78 is 5.54. The summed E-state index contributed by atoms with van der Waals surface area (Å²) in [5.41, 5.74) is 0.588. The predicted molar refractivity (Wildman–Crippen MR) is 84.3 cm³/mol. The monoisotopic (exact) mass is 325 g/mol. The van der Waals surface area contributed by atoms with Gasteiger partial charge in [-0.05, 0) is 51.3 Å². The lowest BCUT2D eigenvalue weighted by molar-refractivity contribution is -0.141. The number of carbonyl (C=O) groups excluding carboxylic acids is 1. The highest BCUT2D eigenvalue weighted by Crippen LogP contribution is 2.33. The van der Waals surface area contributed by atoms with Crippen molar-refractivity contribution in [3.05, 3.63) is 23.2 Å². The van der Waals surface area contributed by atoms with Crippen LogP contribution in [-0.2, 0) is 9.59 Å². The van der Waals surface area contributed by atoms with Crippen molar-refractivity contribution in [1.82, 2.24) is 0 Å². The lowest BCUT2D eigenvalue weighted by atomic mass is 10.0. The van der Waals surface area contributed by atoms with Crippen molar-refractivity contribution < 1.29 is 19.4 Å². The number of hydrogen-bond acceptors (Lipinski definition) is 3. The first-order valence-corrected chi connectivity index (χ1v) is 7.74. The minimum atomic E-state index is -0.825. The van der Waals surface area contributed by atoms with E-state index in [1.54, 1.807) is 18.2 Å². The average molecular weight is 326 g/mol. The number of amides is 1. The number of nitrogens with one attached hydrogen (secondary N) is 1. The van der Waals surface area contributed by atoms with Crippen LogP contribution in [0.2, 0.25) is 5.02 Å². The molecule has 2 N–H and O–H groups in total. The van der Waals surface area contributed by atoms with E-state index in [-0.39, 0.29) is 17.9 Å². The molecule has 1 amide bonds. The largest absolute Gasteiger partial charge is 0.489 e. The topological polar surface area (TPSA) is 75.6 Å². The van der Waals surface area contributed by atoms with Crippen LogP contribution in [-0.4, -0.2) is 23.1 Å². The normalized spacial score (nSPS) is 20.9. The van der Waals surface area contributed by atoms with E-state index in [1.807, 2.05) is 13.8 Å². The fourth-order valence-electron chi connectivity index (χ4n) is 2.62. The summed E-state index contributed by atoms with van der Waals surface area (Å²) in [7, 11) is 0. The number of carbonyl (C=O) groups is 2. The number of halogens is 1. The maximum Gasteiger partial charge on any atom is 0.306 e. The van der Waals surface area contributed by atoms with Crippen LogP contribution >= 0.6 is 11.6 Å². The molecule has 1 aromatic rings. The van der Waals surface area contributed by atoms with Crippen LogP contribution in [0.5, 0.6) is 5.75 Å². The lowest BCUT2D eigenvalue weighted by Crippen LogP contribution is -2.21. The maximum atomic E-state index is 12.2. The van der Waals surface area contributed by atoms with Gasteiger partial charge in [0.1, 0.15) is 5.75 Å². The summed E-state index contributed by atoms with van der Waals surface area (Å²) >= 11 is 6.13. The molecule has 0 spiro atoms. The number of ether oxygens (including phenoxy) is 1. The minimum Gasteiger partial charge on any atom is -0.489 e. The SMILES string of the molecule is CC(C)Oc1ccc(NC(=O)[C@@H]2CC[C@H](C(=O)O)C2)cc1Cl. The van der Waals surface area contributed by atoms with Gasteiger partial charge in [0.2, 0.25) is 5.91 Å². The van der Waals surface area contributed by atoms with Crippen molar-refractivity contribution in [3.63, 3.8) is 0 Å². The molecule has 0 bridgehead atoms. The van der Waals surface area contributed by atoms with E-state index in [1.165, 1.54) is 0 Å². The van der Waals surface area contributed by atoms with Crippen LogP contribution < -0.4 is 10.1 Å². The minimum absolute atomic E-state index is 0.0179. The lowest BCUT2D eigenvalue weighted by Gasteiger charge is -2.14. The van der Waals surface area contributed by atoms with E-state index in [0.717, 1.165) is 0 Å². The van der Waals surface area contributed by atoms with E-state index in [4.69, 9.17) is 21.4 Å². The summed E-state index contributed by atoms with van der Waals surface area (Å²) in [5, 5.41) is 12.2. The number of carboxylic acid groups (broad SMARTS) is 1. The predicted octanol–water partition coefficient (Wildman–Crippen LogP) is 3.57. The van der Waals surface area contributed by atoms with Gasteiger partial charge in [-0.3, -0.25) is 9.59 Å². The third-order valence-electron chi connectivity index (χ3n) is 3.71. The Morgan fingerprint density at radius 2 is 2.00 bits per heavy atom. The molecule has 6 heteroatoms. The van der Waals surface area contributed by atoms with Gasteiger partial charge in [0, 0.05) is 11.6 Å². The highest BCUT2D eigenvalue weighted by atomic mass is 35.5. The first-order valence-electron chi connectivity index (χ1n) is 7.36. The molecule has 1 aliphatic carbocycles. The van der Waals surface area contributed by atoms with Crippen LogP contribution in [0.15, 0.2) is 18.2 Å². The van der Waals surface area contributed by atoms with Gasteiger partial charge in [0.15, 0.2) is 0 Å². The summed E-state index contributed by atoms with van der Waals surface area (Å²) in [6.07, 6.45) is 1.56. The molecule has 0 unspecified atom stereocenters. The average Bonchev–Trinajstić information content (AvgIpc) is 2.91. The Labute approximate surface area is 134 Å². The molecule has 120 valence electrons. The van der Waals surface area contributed by atoms with E-state index < -0.39 is 11.9 Å². The molecule has 1 aliphatic rings. The Morgan fingerprint density at radius 3 is 2.55 bits per heavy atom. The van der Waals surface area contributed by atoms with Crippen LogP contribution in [0, 0.1) is 11.8 Å². The fraction of sp³-hybridized carbons (Fsp3) is 0.500. The Kier molecular flexibility index (Phi) is 5.29. The number of hydrogen-bond donors (Lipinski definition) is 2. The molecule has 0 saturated heterocycles. The smallest absolute Gasteiger partial charge is 0.306 e. The summed E-state index contributed by atoms with van der Waals surface area (Å²) in [5.74, 6) is -1.08. The molecule has 0 aliphatic heterocycles. The van der Waals surface area contributed by atoms with Crippen molar-refractivity contribution >= 4 is 29.2 Å². The van der Waals surface area contributed by atoms with Gasteiger partial charge in [-0.2, -0.15) is 0 Å². The van der Waals surface area contributed by atoms with Crippen molar-refractivity contribution in [1.29, 1.82) is 0 Å². The molecule has 2 atom stereocenters. The molecule has 0 aromatic heterocycles. The van der Waals surface area contributed by atoms with Crippen molar-refractivity contribution in [2.24, 2.45) is 11.8 Å². The molecule has 0 heterocycles. The highest BCUT2D eigenvalue weighted by molar-refractivity contribution is 6.32. The second-order valence-corrected chi connectivity index (χ2v) is 6.25. The molecule has 22 heavy (non-hydrogen) atoms. The standard InChI is InChI=1S/C16H20ClNO4/c1-9(2)22-14-6-5-12(8-13(14)17)18-15(19)10-3-4-11(7-10)16(20)21/h5-6,8-11H,3-4,7H2,1-2H3,(H,18,19)(H,20,21)/t10-,11+/m1/s1. The van der Waals surface area contributed by atoms with Crippen molar-refractivity contribution in [3.8, 4) is 5.75 Å². The Hall–Kier alpha value is -1.75. The van der Waals surface area contributed by atoms with Crippen LogP contribution in [0.3, 0.4) is 0 Å². The zero-order chi connectivity index (χ0) is 16.3. The second-order valence-electron chi connectivity index (χ2n) is 5.85. The van der Waals surface area contributed by atoms with Gasteiger partial charge in [-0.1, -0.05) is 11.6 Å². The molecule has 1 fully saturated rings. The number of anilines is 1. The number of rotatable bonds is 5.